The van der Waals surface area contributed by atoms with Gasteiger partial charge in [0, 0.05) is 18.6 Å². The molecular weight excluding hydrogens is 232 g/mol. The van der Waals surface area contributed by atoms with Gasteiger partial charge in [0.15, 0.2) is 0 Å². The number of benzene rings is 1. The zero-order chi connectivity index (χ0) is 13.8. The van der Waals surface area contributed by atoms with Crippen molar-refractivity contribution in [1.29, 1.82) is 0 Å². The molecule has 0 spiro atoms. The molecule has 1 aliphatic carbocycles. The highest BCUT2D eigenvalue weighted by Gasteiger charge is 2.27. The molecule has 1 aromatic rings. The molecular formula is C17H28N2. The van der Waals surface area contributed by atoms with Gasteiger partial charge in [-0.25, -0.2) is 0 Å². The molecule has 1 fully saturated rings. The molecule has 2 heteroatoms. The minimum Gasteiger partial charge on any atom is -0.326 e. The molecule has 0 radical (unpaired) electrons. The molecule has 19 heavy (non-hydrogen) atoms. The van der Waals surface area contributed by atoms with Gasteiger partial charge in [-0.05, 0) is 43.4 Å². The van der Waals surface area contributed by atoms with E-state index < -0.39 is 0 Å². The Kier molecular flexibility index (Phi) is 5.00. The number of nitrogens with zero attached hydrogens (tertiary/aromatic N) is 1. The number of hydrogen-bond acceptors (Lipinski definition) is 2. The lowest BCUT2D eigenvalue weighted by Crippen LogP contribution is -2.41. The second-order valence-corrected chi connectivity index (χ2v) is 6.49. The lowest BCUT2D eigenvalue weighted by Gasteiger charge is -2.27. The van der Waals surface area contributed by atoms with Gasteiger partial charge in [0.2, 0.25) is 0 Å². The van der Waals surface area contributed by atoms with E-state index in [1.807, 2.05) is 0 Å². The molecule has 0 aromatic heterocycles. The largest absolute Gasteiger partial charge is 0.326 e. The third-order valence-electron chi connectivity index (χ3n) is 4.20. The molecule has 2 rings (SSSR count). The Labute approximate surface area is 118 Å². The third kappa shape index (κ3) is 4.05. The van der Waals surface area contributed by atoms with E-state index in [-0.39, 0.29) is 0 Å². The van der Waals surface area contributed by atoms with Gasteiger partial charge in [-0.3, -0.25) is 4.90 Å². The van der Waals surface area contributed by atoms with Gasteiger partial charge < -0.3 is 5.73 Å². The molecule has 0 saturated heterocycles. The standard InChI is InChI=1S/C17H28N2/c1-13(2)11-14-7-9-15(10-8-14)12-19(3)17-6-4-5-16(17)18/h7-10,13,16-17H,4-6,11-12,18H2,1-3H3. The van der Waals surface area contributed by atoms with E-state index in [0.717, 1.165) is 12.5 Å². The van der Waals surface area contributed by atoms with Crippen LogP contribution in [0.4, 0.5) is 0 Å². The Morgan fingerprint density at radius 3 is 2.32 bits per heavy atom. The minimum atomic E-state index is 0.366. The Bertz CT molecular complexity index is 383. The molecule has 106 valence electrons. The Morgan fingerprint density at radius 2 is 1.79 bits per heavy atom. The Balaban J connectivity index is 1.91. The van der Waals surface area contributed by atoms with Crippen molar-refractivity contribution in [3.8, 4) is 0 Å². The smallest absolute Gasteiger partial charge is 0.0247 e. The summed E-state index contributed by atoms with van der Waals surface area (Å²) in [5.41, 5.74) is 9.01. The fourth-order valence-electron chi connectivity index (χ4n) is 3.17. The number of rotatable bonds is 5. The van der Waals surface area contributed by atoms with Crippen LogP contribution < -0.4 is 5.73 Å². The maximum Gasteiger partial charge on any atom is 0.0247 e. The zero-order valence-electron chi connectivity index (χ0n) is 12.6. The first-order valence-electron chi connectivity index (χ1n) is 7.60. The molecule has 2 unspecified atom stereocenters. The summed E-state index contributed by atoms with van der Waals surface area (Å²) < 4.78 is 0. The van der Waals surface area contributed by atoms with Crippen molar-refractivity contribution >= 4 is 0 Å². The van der Waals surface area contributed by atoms with Crippen LogP contribution in [0.25, 0.3) is 0 Å². The summed E-state index contributed by atoms with van der Waals surface area (Å²) in [4.78, 5) is 2.43. The molecule has 2 atom stereocenters. The molecule has 0 bridgehead atoms. The second-order valence-electron chi connectivity index (χ2n) is 6.49. The topological polar surface area (TPSA) is 29.3 Å². The van der Waals surface area contributed by atoms with Crippen molar-refractivity contribution in [1.82, 2.24) is 4.90 Å². The maximum absolute atomic E-state index is 6.17. The highest BCUT2D eigenvalue weighted by Crippen LogP contribution is 2.23. The average molecular weight is 260 g/mol. The van der Waals surface area contributed by atoms with Gasteiger partial charge in [-0.15, -0.1) is 0 Å². The van der Waals surface area contributed by atoms with Gasteiger partial charge in [-0.2, -0.15) is 0 Å². The second kappa shape index (κ2) is 6.53. The van der Waals surface area contributed by atoms with E-state index in [1.165, 1.54) is 36.8 Å². The first-order valence-corrected chi connectivity index (χ1v) is 7.60. The zero-order valence-corrected chi connectivity index (χ0v) is 12.6. The van der Waals surface area contributed by atoms with Crippen molar-refractivity contribution in [3.05, 3.63) is 35.4 Å². The molecule has 2 N–H and O–H groups in total. The van der Waals surface area contributed by atoms with E-state index in [9.17, 15) is 0 Å². The predicted molar refractivity (Wildman–Crippen MR) is 82.1 cm³/mol. The van der Waals surface area contributed by atoms with Crippen LogP contribution in [-0.2, 0) is 13.0 Å². The van der Waals surface area contributed by atoms with Crippen LogP contribution in [0, 0.1) is 5.92 Å². The van der Waals surface area contributed by atoms with Gasteiger partial charge in [0.05, 0.1) is 0 Å². The van der Waals surface area contributed by atoms with Crippen molar-refractivity contribution in [3.63, 3.8) is 0 Å². The van der Waals surface area contributed by atoms with Crippen molar-refractivity contribution in [2.75, 3.05) is 7.05 Å². The van der Waals surface area contributed by atoms with Gasteiger partial charge >= 0.3 is 0 Å². The fraction of sp³-hybridized carbons (Fsp3) is 0.647. The first-order chi connectivity index (χ1) is 9.06. The molecule has 2 nitrogen and oxygen atoms in total. The lowest BCUT2D eigenvalue weighted by molar-refractivity contribution is 0.220. The molecule has 0 heterocycles. The Morgan fingerprint density at radius 1 is 1.16 bits per heavy atom. The van der Waals surface area contributed by atoms with Crippen LogP contribution >= 0.6 is 0 Å². The van der Waals surface area contributed by atoms with Crippen molar-refractivity contribution in [2.45, 2.75) is 58.2 Å². The predicted octanol–water partition coefficient (Wildman–Crippen LogP) is 3.20. The first kappa shape index (κ1) is 14.5. The summed E-state index contributed by atoms with van der Waals surface area (Å²) in [6.45, 7) is 5.55. The monoisotopic (exact) mass is 260 g/mol. The van der Waals surface area contributed by atoms with E-state index in [2.05, 4.69) is 50.1 Å². The Hall–Kier alpha value is -0.860. The van der Waals surface area contributed by atoms with E-state index >= 15 is 0 Å². The summed E-state index contributed by atoms with van der Waals surface area (Å²) >= 11 is 0. The normalized spacial score (nSPS) is 23.5. The van der Waals surface area contributed by atoms with Crippen LogP contribution in [0.3, 0.4) is 0 Å². The fourth-order valence-corrected chi connectivity index (χ4v) is 3.17. The molecule has 1 aliphatic rings. The van der Waals surface area contributed by atoms with Gasteiger partial charge in [0.1, 0.15) is 0 Å². The van der Waals surface area contributed by atoms with Crippen LogP contribution in [0.1, 0.15) is 44.2 Å². The van der Waals surface area contributed by atoms with Crippen LogP contribution in [0.2, 0.25) is 0 Å². The van der Waals surface area contributed by atoms with Crippen LogP contribution in [-0.4, -0.2) is 24.0 Å². The van der Waals surface area contributed by atoms with E-state index in [1.54, 1.807) is 0 Å². The summed E-state index contributed by atoms with van der Waals surface area (Å²) in [6.07, 6.45) is 4.89. The molecule has 0 aliphatic heterocycles. The highest BCUT2D eigenvalue weighted by atomic mass is 15.1. The van der Waals surface area contributed by atoms with E-state index in [4.69, 9.17) is 5.73 Å². The molecule has 0 amide bonds. The summed E-state index contributed by atoms with van der Waals surface area (Å²) in [6, 6.07) is 10.0. The van der Waals surface area contributed by atoms with Gasteiger partial charge in [-0.1, -0.05) is 44.5 Å². The van der Waals surface area contributed by atoms with Gasteiger partial charge in [0.25, 0.3) is 0 Å². The van der Waals surface area contributed by atoms with E-state index in [0.29, 0.717) is 12.1 Å². The maximum atomic E-state index is 6.17. The van der Waals surface area contributed by atoms with Crippen molar-refractivity contribution < 1.29 is 0 Å². The summed E-state index contributed by atoms with van der Waals surface area (Å²) in [5, 5.41) is 0. The third-order valence-corrected chi connectivity index (χ3v) is 4.20. The van der Waals surface area contributed by atoms with Crippen molar-refractivity contribution in [2.24, 2.45) is 11.7 Å². The molecule has 1 aromatic carbocycles. The number of hydrogen-bond donors (Lipinski definition) is 1. The van der Waals surface area contributed by atoms with Crippen LogP contribution in [0.15, 0.2) is 24.3 Å². The van der Waals surface area contributed by atoms with Crippen LogP contribution in [0.5, 0.6) is 0 Å². The minimum absolute atomic E-state index is 0.366. The number of likely N-dealkylation sites (N-methyl/N-ethyl adjacent to an activating group) is 1. The quantitative estimate of drug-likeness (QED) is 0.881. The highest BCUT2D eigenvalue weighted by molar-refractivity contribution is 5.23. The summed E-state index contributed by atoms with van der Waals surface area (Å²) in [5.74, 6) is 0.727. The molecule has 1 saturated carbocycles. The lowest BCUT2D eigenvalue weighted by atomic mass is 10.0. The average Bonchev–Trinajstić information content (AvgIpc) is 2.77. The summed E-state index contributed by atoms with van der Waals surface area (Å²) in [7, 11) is 2.21. The SMILES string of the molecule is CC(C)Cc1ccc(CN(C)C2CCCC2N)cc1. The number of nitrogens with two attached hydrogens (primary N) is 1.